The maximum Gasteiger partial charge on any atom is 0.122 e. The van der Waals surface area contributed by atoms with Crippen LogP contribution in [0.15, 0.2) is 72.8 Å². The van der Waals surface area contributed by atoms with Crippen molar-refractivity contribution >= 4 is 21.8 Å². The molecule has 120 valence electrons. The van der Waals surface area contributed by atoms with Crippen molar-refractivity contribution in [1.29, 1.82) is 0 Å². The van der Waals surface area contributed by atoms with E-state index in [2.05, 4.69) is 92.1 Å². The van der Waals surface area contributed by atoms with Crippen molar-refractivity contribution < 1.29 is 4.74 Å². The minimum atomic E-state index is -0.209. The lowest BCUT2D eigenvalue weighted by molar-refractivity contribution is 0.131. The van der Waals surface area contributed by atoms with Gasteiger partial charge in [0.15, 0.2) is 0 Å². The second-order valence-corrected chi connectivity index (χ2v) is 7.08. The SMILES string of the molecule is CC(C)(C)Oc1cccc(-n2c3ccccc3c3ccccc32)c1. The molecule has 0 aliphatic rings. The summed E-state index contributed by atoms with van der Waals surface area (Å²) >= 11 is 0. The minimum Gasteiger partial charge on any atom is -0.488 e. The van der Waals surface area contributed by atoms with E-state index in [1.807, 2.05) is 6.07 Å². The van der Waals surface area contributed by atoms with Gasteiger partial charge in [-0.25, -0.2) is 0 Å². The zero-order valence-electron chi connectivity index (χ0n) is 14.3. The van der Waals surface area contributed by atoms with E-state index in [-0.39, 0.29) is 5.60 Å². The van der Waals surface area contributed by atoms with E-state index >= 15 is 0 Å². The summed E-state index contributed by atoms with van der Waals surface area (Å²) in [6.45, 7) is 6.21. The molecule has 2 heteroatoms. The molecule has 0 spiro atoms. The van der Waals surface area contributed by atoms with Gasteiger partial charge >= 0.3 is 0 Å². The smallest absolute Gasteiger partial charge is 0.122 e. The first-order chi connectivity index (χ1) is 11.5. The number of benzene rings is 3. The number of nitrogens with zero attached hydrogens (tertiary/aromatic N) is 1. The van der Waals surface area contributed by atoms with E-state index in [0.717, 1.165) is 11.4 Å². The van der Waals surface area contributed by atoms with Crippen molar-refractivity contribution in [1.82, 2.24) is 4.57 Å². The number of rotatable bonds is 2. The number of hydrogen-bond donors (Lipinski definition) is 0. The average molecular weight is 315 g/mol. The summed E-state index contributed by atoms with van der Waals surface area (Å²) in [5.41, 5.74) is 3.34. The lowest BCUT2D eigenvalue weighted by atomic mass is 10.2. The highest BCUT2D eigenvalue weighted by Gasteiger charge is 2.14. The zero-order chi connectivity index (χ0) is 16.7. The molecule has 0 saturated carbocycles. The fraction of sp³-hybridized carbons (Fsp3) is 0.182. The van der Waals surface area contributed by atoms with Crippen LogP contribution in [-0.4, -0.2) is 10.2 Å². The van der Waals surface area contributed by atoms with Crippen LogP contribution in [0.4, 0.5) is 0 Å². The van der Waals surface area contributed by atoms with Gasteiger partial charge < -0.3 is 9.30 Å². The van der Waals surface area contributed by atoms with Crippen LogP contribution < -0.4 is 4.74 Å². The number of fused-ring (bicyclic) bond motifs is 3. The topological polar surface area (TPSA) is 14.2 Å². The Hall–Kier alpha value is -2.74. The number of ether oxygens (including phenoxy) is 1. The van der Waals surface area contributed by atoms with Crippen LogP contribution in [0.5, 0.6) is 5.75 Å². The maximum atomic E-state index is 6.05. The molecule has 0 N–H and O–H groups in total. The molecule has 2 nitrogen and oxygen atoms in total. The van der Waals surface area contributed by atoms with E-state index in [4.69, 9.17) is 4.74 Å². The molecule has 4 rings (SSSR count). The Labute approximate surface area is 142 Å². The molecule has 0 atom stereocenters. The van der Waals surface area contributed by atoms with Crippen LogP contribution in [-0.2, 0) is 0 Å². The van der Waals surface area contributed by atoms with Crippen LogP contribution in [0, 0.1) is 0 Å². The van der Waals surface area contributed by atoms with Gasteiger partial charge in [0.1, 0.15) is 11.4 Å². The fourth-order valence-corrected chi connectivity index (χ4v) is 3.24. The highest BCUT2D eigenvalue weighted by Crippen LogP contribution is 2.32. The number of para-hydroxylation sites is 2. The van der Waals surface area contributed by atoms with Crippen molar-refractivity contribution in [3.05, 3.63) is 72.8 Å². The molecule has 1 aromatic heterocycles. The molecule has 0 saturated heterocycles. The van der Waals surface area contributed by atoms with E-state index in [9.17, 15) is 0 Å². The second-order valence-electron chi connectivity index (χ2n) is 7.08. The molecular formula is C22H21NO. The van der Waals surface area contributed by atoms with Gasteiger partial charge in [0.2, 0.25) is 0 Å². The Bertz CT molecular complexity index is 968. The third-order valence-electron chi connectivity index (χ3n) is 4.08. The minimum absolute atomic E-state index is 0.209. The van der Waals surface area contributed by atoms with Crippen molar-refractivity contribution in [2.45, 2.75) is 26.4 Å². The summed E-state index contributed by atoms with van der Waals surface area (Å²) < 4.78 is 8.36. The van der Waals surface area contributed by atoms with Gasteiger partial charge in [0.05, 0.1) is 11.0 Å². The molecule has 3 aromatic carbocycles. The molecule has 0 aliphatic carbocycles. The molecule has 0 fully saturated rings. The molecular weight excluding hydrogens is 294 g/mol. The highest BCUT2D eigenvalue weighted by atomic mass is 16.5. The molecule has 0 amide bonds. The Kier molecular flexibility index (Phi) is 3.34. The van der Waals surface area contributed by atoms with Gasteiger partial charge in [-0.05, 0) is 45.0 Å². The van der Waals surface area contributed by atoms with E-state index in [1.54, 1.807) is 0 Å². The standard InChI is InChI=1S/C22H21NO/c1-22(2,3)24-17-10-8-9-16(15-17)23-20-13-6-4-11-18(20)19-12-5-7-14-21(19)23/h4-15H,1-3H3. The van der Waals surface area contributed by atoms with E-state index in [0.29, 0.717) is 0 Å². The number of aromatic nitrogens is 1. The van der Waals surface area contributed by atoms with Crippen molar-refractivity contribution in [2.75, 3.05) is 0 Å². The average Bonchev–Trinajstić information content (AvgIpc) is 2.88. The third kappa shape index (κ3) is 2.54. The molecule has 0 radical (unpaired) electrons. The monoisotopic (exact) mass is 315 g/mol. The Balaban J connectivity index is 1.97. The largest absolute Gasteiger partial charge is 0.488 e. The van der Waals surface area contributed by atoms with Crippen LogP contribution in [0.2, 0.25) is 0 Å². The third-order valence-corrected chi connectivity index (χ3v) is 4.08. The van der Waals surface area contributed by atoms with Gasteiger partial charge in [-0.1, -0.05) is 42.5 Å². The van der Waals surface area contributed by atoms with Gasteiger partial charge in [-0.3, -0.25) is 0 Å². The summed E-state index contributed by atoms with van der Waals surface area (Å²) in [5.74, 6) is 0.891. The van der Waals surface area contributed by atoms with Gasteiger partial charge in [0, 0.05) is 22.5 Å². The quantitative estimate of drug-likeness (QED) is 0.445. The van der Waals surface area contributed by atoms with Crippen LogP contribution in [0.1, 0.15) is 20.8 Å². The van der Waals surface area contributed by atoms with Gasteiger partial charge in [-0.2, -0.15) is 0 Å². The summed E-state index contributed by atoms with van der Waals surface area (Å²) in [5, 5.41) is 2.55. The molecule has 0 aliphatic heterocycles. The normalized spacial score (nSPS) is 12.0. The van der Waals surface area contributed by atoms with Crippen molar-refractivity contribution in [3.8, 4) is 11.4 Å². The lowest BCUT2D eigenvalue weighted by Gasteiger charge is -2.21. The van der Waals surface area contributed by atoms with Crippen LogP contribution in [0.3, 0.4) is 0 Å². The number of hydrogen-bond acceptors (Lipinski definition) is 1. The molecule has 0 bridgehead atoms. The highest BCUT2D eigenvalue weighted by molar-refractivity contribution is 6.09. The van der Waals surface area contributed by atoms with Gasteiger partial charge in [-0.15, -0.1) is 0 Å². The molecule has 0 unspecified atom stereocenters. The maximum absolute atomic E-state index is 6.05. The summed E-state index contributed by atoms with van der Waals surface area (Å²) in [6, 6.07) is 25.4. The molecule has 1 heterocycles. The first kappa shape index (κ1) is 14.8. The molecule has 24 heavy (non-hydrogen) atoms. The van der Waals surface area contributed by atoms with Crippen LogP contribution in [0.25, 0.3) is 27.5 Å². The Morgan fingerprint density at radius 3 is 1.88 bits per heavy atom. The molecule has 4 aromatic rings. The van der Waals surface area contributed by atoms with Crippen molar-refractivity contribution in [3.63, 3.8) is 0 Å². The summed E-state index contributed by atoms with van der Waals surface area (Å²) in [6.07, 6.45) is 0. The first-order valence-corrected chi connectivity index (χ1v) is 8.31. The second kappa shape index (κ2) is 5.41. The zero-order valence-corrected chi connectivity index (χ0v) is 14.3. The van der Waals surface area contributed by atoms with E-state index < -0.39 is 0 Å². The first-order valence-electron chi connectivity index (χ1n) is 8.31. The summed E-state index contributed by atoms with van der Waals surface area (Å²) in [4.78, 5) is 0. The fourth-order valence-electron chi connectivity index (χ4n) is 3.24. The van der Waals surface area contributed by atoms with Crippen molar-refractivity contribution in [2.24, 2.45) is 0 Å². The Morgan fingerprint density at radius 1 is 0.708 bits per heavy atom. The predicted octanol–water partition coefficient (Wildman–Crippen LogP) is 5.96. The lowest BCUT2D eigenvalue weighted by Crippen LogP contribution is -2.22. The van der Waals surface area contributed by atoms with E-state index in [1.165, 1.54) is 21.8 Å². The van der Waals surface area contributed by atoms with Crippen LogP contribution >= 0.6 is 0 Å². The summed E-state index contributed by atoms with van der Waals surface area (Å²) in [7, 11) is 0. The predicted molar refractivity (Wildman–Crippen MR) is 101 cm³/mol. The Morgan fingerprint density at radius 2 is 1.29 bits per heavy atom. The van der Waals surface area contributed by atoms with Gasteiger partial charge in [0.25, 0.3) is 0 Å².